The Labute approximate surface area is 276 Å². The van der Waals surface area contributed by atoms with E-state index in [4.69, 9.17) is 27.7 Å². The van der Waals surface area contributed by atoms with Gasteiger partial charge in [-0.3, -0.25) is 19.4 Å². The molecule has 13 heteroatoms. The van der Waals surface area contributed by atoms with Crippen LogP contribution >= 0.6 is 0 Å². The van der Waals surface area contributed by atoms with E-state index in [1.807, 2.05) is 0 Å². The molecule has 1 saturated heterocycles. The average molecular weight is 653 g/mol. The molecule has 13 nitrogen and oxygen atoms in total. The highest BCUT2D eigenvalue weighted by molar-refractivity contribution is 5.94. The Morgan fingerprint density at radius 3 is 2.11 bits per heavy atom. The Morgan fingerprint density at radius 1 is 0.870 bits per heavy atom. The molecule has 266 valence electrons. The van der Waals surface area contributed by atoms with Gasteiger partial charge in [-0.05, 0) is 64.8 Å². The molecule has 1 fully saturated rings. The van der Waals surface area contributed by atoms with Gasteiger partial charge in [0.25, 0.3) is 0 Å². The zero-order valence-electron chi connectivity index (χ0n) is 28.6. The first-order valence-corrected chi connectivity index (χ1v) is 17.7. The van der Waals surface area contributed by atoms with E-state index in [1.165, 1.54) is 56.3 Å². The number of hydrogen-bond donors (Lipinski definition) is 6. The van der Waals surface area contributed by atoms with Gasteiger partial charge in [0.1, 0.15) is 18.1 Å². The van der Waals surface area contributed by atoms with Crippen LogP contribution < -0.4 is 33.6 Å². The first-order chi connectivity index (χ1) is 22.1. The quantitative estimate of drug-likeness (QED) is 0.0349. The second-order valence-corrected chi connectivity index (χ2v) is 12.5. The number of likely N-dealkylation sites (tertiary alicyclic amines) is 1. The summed E-state index contributed by atoms with van der Waals surface area (Å²) in [6.07, 6.45) is 17.0. The largest absolute Gasteiger partial charge is 0.464 e. The summed E-state index contributed by atoms with van der Waals surface area (Å²) in [6.45, 7) is 5.35. The standard InChI is InChI=1S/C33H64N8O5/c1-3-4-5-6-7-8-9-10-11-12-15-24-46-32(45)27(19-13-14-21-34)40-29(42)25(2)39-30(43)28-20-17-23-41(28)31(44)26(35)18-16-22-38-33(36)37/h25-28H,3-24,34-35H2,1-2H3,(H,39,43)(H,40,42)(H4,36,37,38)/t25-,26-,27-,28-/m0/s1. The van der Waals surface area contributed by atoms with Gasteiger partial charge in [0.05, 0.1) is 12.6 Å². The van der Waals surface area contributed by atoms with Gasteiger partial charge in [-0.1, -0.05) is 71.1 Å². The van der Waals surface area contributed by atoms with Crippen LogP contribution in [0.2, 0.25) is 0 Å². The lowest BCUT2D eigenvalue weighted by Gasteiger charge is -2.28. The van der Waals surface area contributed by atoms with Crippen LogP contribution in [0.1, 0.15) is 129 Å². The topological polar surface area (TPSA) is 221 Å². The molecule has 0 spiro atoms. The molecule has 1 aliphatic rings. The van der Waals surface area contributed by atoms with Crippen molar-refractivity contribution in [1.29, 1.82) is 0 Å². The maximum Gasteiger partial charge on any atom is 0.328 e. The minimum Gasteiger partial charge on any atom is -0.464 e. The van der Waals surface area contributed by atoms with Gasteiger partial charge < -0.3 is 43.2 Å². The van der Waals surface area contributed by atoms with E-state index >= 15 is 0 Å². The van der Waals surface area contributed by atoms with Gasteiger partial charge in [-0.25, -0.2) is 4.79 Å². The zero-order chi connectivity index (χ0) is 34.2. The molecule has 3 amide bonds. The number of carbonyl (C=O) groups is 4. The third-order valence-corrected chi connectivity index (χ3v) is 8.42. The van der Waals surface area contributed by atoms with Crippen LogP contribution in [0.4, 0.5) is 0 Å². The second-order valence-electron chi connectivity index (χ2n) is 12.5. The molecule has 0 aliphatic carbocycles. The van der Waals surface area contributed by atoms with E-state index in [1.54, 1.807) is 6.92 Å². The lowest BCUT2D eigenvalue weighted by Crippen LogP contribution is -2.55. The van der Waals surface area contributed by atoms with Gasteiger partial charge in [0.15, 0.2) is 5.96 Å². The molecule has 10 N–H and O–H groups in total. The number of guanidine groups is 1. The summed E-state index contributed by atoms with van der Waals surface area (Å²) in [6, 6.07) is -3.25. The molecule has 1 aliphatic heterocycles. The fourth-order valence-corrected chi connectivity index (χ4v) is 5.61. The van der Waals surface area contributed by atoms with E-state index in [0.717, 1.165) is 19.3 Å². The van der Waals surface area contributed by atoms with Crippen molar-refractivity contribution in [2.75, 3.05) is 26.2 Å². The number of rotatable bonds is 26. The first kappa shape index (κ1) is 41.1. The lowest BCUT2D eigenvalue weighted by molar-refractivity contribution is -0.148. The number of unbranched alkanes of at least 4 members (excludes halogenated alkanes) is 11. The molecule has 4 atom stereocenters. The number of hydrogen-bond acceptors (Lipinski definition) is 8. The van der Waals surface area contributed by atoms with Crippen molar-refractivity contribution in [3.8, 4) is 0 Å². The van der Waals surface area contributed by atoms with E-state index in [2.05, 4.69) is 22.5 Å². The van der Waals surface area contributed by atoms with Gasteiger partial charge in [-0.2, -0.15) is 0 Å². The molecule has 0 bridgehead atoms. The number of esters is 1. The van der Waals surface area contributed by atoms with Crippen LogP contribution in [0.25, 0.3) is 0 Å². The molecule has 0 saturated carbocycles. The normalized spacial score (nSPS) is 16.3. The third kappa shape index (κ3) is 17.7. The number of nitrogens with one attached hydrogen (secondary N) is 2. The molecule has 1 rings (SSSR count). The van der Waals surface area contributed by atoms with Crippen LogP contribution in [0.15, 0.2) is 4.99 Å². The number of aliphatic imine (C=N–C) groups is 1. The van der Waals surface area contributed by atoms with Crippen LogP contribution in [0, 0.1) is 0 Å². The van der Waals surface area contributed by atoms with Crippen molar-refractivity contribution in [3.63, 3.8) is 0 Å². The van der Waals surface area contributed by atoms with Crippen molar-refractivity contribution in [3.05, 3.63) is 0 Å². The highest BCUT2D eigenvalue weighted by Crippen LogP contribution is 2.19. The highest BCUT2D eigenvalue weighted by atomic mass is 16.5. The summed E-state index contributed by atoms with van der Waals surface area (Å²) in [5.41, 5.74) is 22.4. The van der Waals surface area contributed by atoms with Crippen LogP contribution in [0.5, 0.6) is 0 Å². The highest BCUT2D eigenvalue weighted by Gasteiger charge is 2.37. The Morgan fingerprint density at radius 2 is 1.50 bits per heavy atom. The number of nitrogens with zero attached hydrogens (tertiary/aromatic N) is 2. The van der Waals surface area contributed by atoms with Gasteiger partial charge in [0, 0.05) is 13.1 Å². The number of carbonyl (C=O) groups excluding carboxylic acids is 4. The zero-order valence-corrected chi connectivity index (χ0v) is 28.6. The monoisotopic (exact) mass is 652 g/mol. The van der Waals surface area contributed by atoms with Crippen LogP contribution in [-0.4, -0.2) is 85.0 Å². The Balaban J connectivity index is 2.50. The predicted molar refractivity (Wildman–Crippen MR) is 182 cm³/mol. The minimum absolute atomic E-state index is 0.0207. The fourth-order valence-electron chi connectivity index (χ4n) is 5.61. The summed E-state index contributed by atoms with van der Waals surface area (Å²) in [5.74, 6) is -1.74. The van der Waals surface area contributed by atoms with Gasteiger partial charge >= 0.3 is 5.97 Å². The molecular weight excluding hydrogens is 588 g/mol. The van der Waals surface area contributed by atoms with Crippen molar-refractivity contribution < 1.29 is 23.9 Å². The Bertz CT molecular complexity index is 914. The van der Waals surface area contributed by atoms with E-state index in [-0.39, 0.29) is 11.9 Å². The van der Waals surface area contributed by atoms with E-state index in [0.29, 0.717) is 71.2 Å². The van der Waals surface area contributed by atoms with Crippen molar-refractivity contribution in [2.45, 2.75) is 154 Å². The average Bonchev–Trinajstić information content (AvgIpc) is 3.52. The summed E-state index contributed by atoms with van der Waals surface area (Å²) in [7, 11) is 0. The molecular formula is C33H64N8O5. The molecule has 0 unspecified atom stereocenters. The van der Waals surface area contributed by atoms with Crippen LogP contribution in [-0.2, 0) is 23.9 Å². The second kappa shape index (κ2) is 25.2. The van der Waals surface area contributed by atoms with Crippen LogP contribution in [0.3, 0.4) is 0 Å². The number of amides is 3. The first-order valence-electron chi connectivity index (χ1n) is 17.7. The molecule has 0 aromatic rings. The summed E-state index contributed by atoms with van der Waals surface area (Å²) in [5, 5.41) is 5.47. The Kier molecular flexibility index (Phi) is 22.5. The minimum atomic E-state index is -0.922. The molecule has 46 heavy (non-hydrogen) atoms. The summed E-state index contributed by atoms with van der Waals surface area (Å²) < 4.78 is 5.52. The van der Waals surface area contributed by atoms with Gasteiger partial charge in [-0.15, -0.1) is 0 Å². The molecule has 0 radical (unpaired) electrons. The van der Waals surface area contributed by atoms with Crippen molar-refractivity contribution in [1.82, 2.24) is 15.5 Å². The van der Waals surface area contributed by atoms with Gasteiger partial charge in [0.2, 0.25) is 17.7 Å². The molecule has 1 heterocycles. The Hall–Kier alpha value is -2.93. The maximum absolute atomic E-state index is 13.1. The summed E-state index contributed by atoms with van der Waals surface area (Å²) >= 11 is 0. The number of ether oxygens (including phenoxy) is 1. The lowest BCUT2D eigenvalue weighted by atomic mass is 10.1. The third-order valence-electron chi connectivity index (χ3n) is 8.42. The van der Waals surface area contributed by atoms with E-state index in [9.17, 15) is 19.2 Å². The van der Waals surface area contributed by atoms with Crippen molar-refractivity contribution >= 4 is 29.7 Å². The van der Waals surface area contributed by atoms with Crippen molar-refractivity contribution in [2.24, 2.45) is 27.9 Å². The molecule has 0 aromatic carbocycles. The number of nitrogens with two attached hydrogens (primary N) is 4. The maximum atomic E-state index is 13.1. The molecule has 0 aromatic heterocycles. The summed E-state index contributed by atoms with van der Waals surface area (Å²) in [4.78, 5) is 57.4. The SMILES string of the molecule is CCCCCCCCCCCCCOC(=O)[C@H](CCCCN)NC(=O)[C@H](C)NC(=O)[C@@H]1CCCN1C(=O)[C@@H](N)CCCN=C(N)N. The van der Waals surface area contributed by atoms with E-state index < -0.39 is 42.0 Å². The fraction of sp³-hybridized carbons (Fsp3) is 0.848. The smallest absolute Gasteiger partial charge is 0.328 e. The predicted octanol–water partition coefficient (Wildman–Crippen LogP) is 2.33.